The van der Waals surface area contributed by atoms with Crippen molar-refractivity contribution in [3.8, 4) is 0 Å². The average Bonchev–Trinajstić information content (AvgIpc) is 2.97. The number of anilines is 1. The molecule has 2 heterocycles. The maximum atomic E-state index is 5.96. The molecule has 0 amide bonds. The summed E-state index contributed by atoms with van der Waals surface area (Å²) in [5.41, 5.74) is 8.44. The summed E-state index contributed by atoms with van der Waals surface area (Å²) in [5, 5.41) is 8.77. The zero-order chi connectivity index (χ0) is 13.6. The lowest BCUT2D eigenvalue weighted by molar-refractivity contribution is 0.235. The van der Waals surface area contributed by atoms with Crippen molar-refractivity contribution in [2.75, 3.05) is 5.73 Å². The molecule has 2 N–H and O–H groups in total. The number of aromatic nitrogens is 3. The van der Waals surface area contributed by atoms with Crippen LogP contribution in [0.15, 0.2) is 24.3 Å². The maximum Gasteiger partial charge on any atom is 0.133 e. The SMILES string of the molecule is Nc1cccc(C2(Cc3nnc4n3CCC4)CCC2)c1. The van der Waals surface area contributed by atoms with Crippen molar-refractivity contribution in [2.24, 2.45) is 0 Å². The molecule has 1 aromatic carbocycles. The molecule has 0 saturated heterocycles. The van der Waals surface area contributed by atoms with E-state index in [-0.39, 0.29) is 5.41 Å². The minimum absolute atomic E-state index is 0.238. The predicted molar refractivity (Wildman–Crippen MR) is 78.4 cm³/mol. The van der Waals surface area contributed by atoms with Crippen molar-refractivity contribution in [1.82, 2.24) is 14.8 Å². The van der Waals surface area contributed by atoms with Gasteiger partial charge in [-0.05, 0) is 37.0 Å². The van der Waals surface area contributed by atoms with Crippen molar-refractivity contribution in [2.45, 2.75) is 50.5 Å². The Kier molecular flexibility index (Phi) is 2.59. The molecule has 1 aromatic heterocycles. The van der Waals surface area contributed by atoms with Gasteiger partial charge in [0.05, 0.1) is 0 Å². The van der Waals surface area contributed by atoms with E-state index in [2.05, 4.69) is 33.0 Å². The quantitative estimate of drug-likeness (QED) is 0.870. The van der Waals surface area contributed by atoms with E-state index < -0.39 is 0 Å². The third-order valence-corrected chi connectivity index (χ3v) is 4.99. The van der Waals surface area contributed by atoms with Crippen molar-refractivity contribution in [1.29, 1.82) is 0 Å². The molecule has 104 valence electrons. The number of nitrogen functional groups attached to an aromatic ring is 1. The third-order valence-electron chi connectivity index (χ3n) is 4.99. The minimum atomic E-state index is 0.238. The summed E-state index contributed by atoms with van der Waals surface area (Å²) in [7, 11) is 0. The maximum absolute atomic E-state index is 5.96. The second kappa shape index (κ2) is 4.33. The molecule has 0 unspecified atom stereocenters. The lowest BCUT2D eigenvalue weighted by atomic mass is 9.62. The van der Waals surface area contributed by atoms with Crippen LogP contribution in [0.25, 0.3) is 0 Å². The number of fused-ring (bicyclic) bond motifs is 1. The Bertz CT molecular complexity index is 640. The van der Waals surface area contributed by atoms with Gasteiger partial charge in [0.15, 0.2) is 0 Å². The summed E-state index contributed by atoms with van der Waals surface area (Å²) in [4.78, 5) is 0. The molecule has 1 saturated carbocycles. The van der Waals surface area contributed by atoms with Crippen LogP contribution in [0.4, 0.5) is 5.69 Å². The molecule has 1 aliphatic carbocycles. The van der Waals surface area contributed by atoms with Gasteiger partial charge in [-0.3, -0.25) is 0 Å². The van der Waals surface area contributed by atoms with Gasteiger partial charge in [-0.2, -0.15) is 0 Å². The first-order valence-corrected chi connectivity index (χ1v) is 7.54. The molecule has 2 aromatic rings. The number of hydrogen-bond donors (Lipinski definition) is 1. The van der Waals surface area contributed by atoms with E-state index in [1.807, 2.05) is 6.07 Å². The molecule has 20 heavy (non-hydrogen) atoms. The molecule has 2 aliphatic rings. The summed E-state index contributed by atoms with van der Waals surface area (Å²) < 4.78 is 2.33. The molecule has 0 bridgehead atoms. The van der Waals surface area contributed by atoms with Crippen LogP contribution in [0.2, 0.25) is 0 Å². The Morgan fingerprint density at radius 1 is 1.20 bits per heavy atom. The van der Waals surface area contributed by atoms with E-state index in [0.29, 0.717) is 0 Å². The molecule has 1 aliphatic heterocycles. The zero-order valence-electron chi connectivity index (χ0n) is 11.7. The van der Waals surface area contributed by atoms with Crippen LogP contribution >= 0.6 is 0 Å². The number of aryl methyl sites for hydroxylation is 1. The average molecular weight is 268 g/mol. The number of nitrogens with zero attached hydrogens (tertiary/aromatic N) is 3. The molecule has 0 radical (unpaired) electrons. The van der Waals surface area contributed by atoms with Gasteiger partial charge in [-0.15, -0.1) is 10.2 Å². The van der Waals surface area contributed by atoms with Gasteiger partial charge in [0.2, 0.25) is 0 Å². The highest BCUT2D eigenvalue weighted by Gasteiger charge is 2.40. The van der Waals surface area contributed by atoms with Crippen molar-refractivity contribution < 1.29 is 0 Å². The summed E-state index contributed by atoms with van der Waals surface area (Å²) in [5.74, 6) is 2.33. The molecule has 0 spiro atoms. The first-order chi connectivity index (χ1) is 9.77. The topological polar surface area (TPSA) is 56.7 Å². The molecule has 4 rings (SSSR count). The molecule has 4 nitrogen and oxygen atoms in total. The standard InChI is InChI=1S/C16H20N4/c17-13-5-1-4-12(10-13)16(7-3-8-16)11-15-19-18-14-6-2-9-20(14)15/h1,4-5,10H,2-3,6-9,11,17H2. The zero-order valence-corrected chi connectivity index (χ0v) is 11.7. The first-order valence-electron chi connectivity index (χ1n) is 7.54. The number of benzene rings is 1. The van der Waals surface area contributed by atoms with E-state index in [0.717, 1.165) is 25.1 Å². The molecule has 1 fully saturated rings. The van der Waals surface area contributed by atoms with Gasteiger partial charge in [0, 0.05) is 30.5 Å². The fraction of sp³-hybridized carbons (Fsp3) is 0.500. The molecule has 0 atom stereocenters. The van der Waals surface area contributed by atoms with Crippen LogP contribution < -0.4 is 5.73 Å². The monoisotopic (exact) mass is 268 g/mol. The Labute approximate surface area is 119 Å². The highest BCUT2D eigenvalue weighted by atomic mass is 15.3. The van der Waals surface area contributed by atoms with E-state index in [1.165, 1.54) is 42.9 Å². The third kappa shape index (κ3) is 1.74. The molecule has 4 heteroatoms. The summed E-state index contributed by atoms with van der Waals surface area (Å²) in [6.45, 7) is 1.09. The van der Waals surface area contributed by atoms with Crippen molar-refractivity contribution >= 4 is 5.69 Å². The summed E-state index contributed by atoms with van der Waals surface area (Å²) >= 11 is 0. The van der Waals surface area contributed by atoms with E-state index >= 15 is 0 Å². The van der Waals surface area contributed by atoms with Crippen molar-refractivity contribution in [3.63, 3.8) is 0 Å². The van der Waals surface area contributed by atoms with Gasteiger partial charge >= 0.3 is 0 Å². The van der Waals surface area contributed by atoms with Crippen molar-refractivity contribution in [3.05, 3.63) is 41.5 Å². The van der Waals surface area contributed by atoms with Crippen LogP contribution in [0, 0.1) is 0 Å². The fourth-order valence-corrected chi connectivity index (χ4v) is 3.68. The second-order valence-corrected chi connectivity index (χ2v) is 6.22. The number of hydrogen-bond acceptors (Lipinski definition) is 3. The van der Waals surface area contributed by atoms with Gasteiger partial charge < -0.3 is 10.3 Å². The van der Waals surface area contributed by atoms with Crippen LogP contribution in [0.3, 0.4) is 0 Å². The second-order valence-electron chi connectivity index (χ2n) is 6.22. The van der Waals surface area contributed by atoms with E-state index in [4.69, 9.17) is 5.73 Å². The van der Waals surface area contributed by atoms with Crippen LogP contribution in [0.1, 0.15) is 42.9 Å². The minimum Gasteiger partial charge on any atom is -0.399 e. The first kappa shape index (κ1) is 11.9. The lowest BCUT2D eigenvalue weighted by Gasteiger charge is -2.42. The van der Waals surface area contributed by atoms with Gasteiger partial charge in [-0.1, -0.05) is 18.6 Å². The van der Waals surface area contributed by atoms with E-state index in [1.54, 1.807) is 0 Å². The normalized spacial score (nSPS) is 19.6. The number of nitrogens with two attached hydrogens (primary N) is 1. The van der Waals surface area contributed by atoms with Crippen LogP contribution in [-0.2, 0) is 24.8 Å². The summed E-state index contributed by atoms with van der Waals surface area (Å²) in [6.07, 6.45) is 7.07. The largest absolute Gasteiger partial charge is 0.399 e. The van der Waals surface area contributed by atoms with Gasteiger partial charge in [0.1, 0.15) is 11.6 Å². The molecular formula is C16H20N4. The smallest absolute Gasteiger partial charge is 0.133 e. The lowest BCUT2D eigenvalue weighted by Crippen LogP contribution is -2.37. The Balaban J connectivity index is 1.68. The van der Waals surface area contributed by atoms with Crippen LogP contribution in [-0.4, -0.2) is 14.8 Å². The number of rotatable bonds is 3. The van der Waals surface area contributed by atoms with Gasteiger partial charge in [0.25, 0.3) is 0 Å². The Morgan fingerprint density at radius 3 is 2.85 bits per heavy atom. The highest BCUT2D eigenvalue weighted by Crippen LogP contribution is 2.46. The van der Waals surface area contributed by atoms with E-state index in [9.17, 15) is 0 Å². The van der Waals surface area contributed by atoms with Crippen LogP contribution in [0.5, 0.6) is 0 Å². The van der Waals surface area contributed by atoms with Gasteiger partial charge in [-0.25, -0.2) is 0 Å². The fourth-order valence-electron chi connectivity index (χ4n) is 3.68. The Morgan fingerprint density at radius 2 is 2.10 bits per heavy atom. The molecular weight excluding hydrogens is 248 g/mol. The predicted octanol–water partition coefficient (Wildman–Crippen LogP) is 2.47. The summed E-state index contributed by atoms with van der Waals surface area (Å²) in [6, 6.07) is 8.39. The Hall–Kier alpha value is -1.84. The highest BCUT2D eigenvalue weighted by molar-refractivity contribution is 5.44.